The predicted octanol–water partition coefficient (Wildman–Crippen LogP) is 2.77. The summed E-state index contributed by atoms with van der Waals surface area (Å²) < 4.78 is 49.9. The maximum atomic E-state index is 13.8. The Bertz CT molecular complexity index is 992. The molecule has 10 heteroatoms. The molecule has 26 heavy (non-hydrogen) atoms. The summed E-state index contributed by atoms with van der Waals surface area (Å²) in [6.07, 6.45) is 0.814. The molecule has 0 aliphatic rings. The number of nitro groups is 1. The van der Waals surface area contributed by atoms with Crippen LogP contribution >= 0.6 is 0 Å². The van der Waals surface area contributed by atoms with Crippen molar-refractivity contribution in [1.29, 1.82) is 0 Å². The number of nitro benzene ring substituents is 1. The van der Waals surface area contributed by atoms with Gasteiger partial charge in [0, 0.05) is 29.5 Å². The van der Waals surface area contributed by atoms with Crippen LogP contribution in [0, 0.1) is 21.7 Å². The molecular weight excluding hydrogens is 370 g/mol. The Morgan fingerprint density at radius 2 is 1.85 bits per heavy atom. The third kappa shape index (κ3) is 4.20. The van der Waals surface area contributed by atoms with Crippen molar-refractivity contribution in [3.05, 3.63) is 69.3 Å². The highest BCUT2D eigenvalue weighted by Gasteiger charge is 2.24. The van der Waals surface area contributed by atoms with E-state index in [1.807, 2.05) is 0 Å². The van der Waals surface area contributed by atoms with Crippen LogP contribution in [0.4, 0.5) is 14.5 Å². The number of benzene rings is 2. The minimum Gasteiger partial charge on any atom is -0.345 e. The molecule has 0 heterocycles. The summed E-state index contributed by atoms with van der Waals surface area (Å²) in [5.41, 5.74) is -0.874. The van der Waals surface area contributed by atoms with Crippen molar-refractivity contribution in [1.82, 2.24) is 5.32 Å². The van der Waals surface area contributed by atoms with Gasteiger partial charge in [-0.05, 0) is 25.1 Å². The lowest BCUT2D eigenvalue weighted by Crippen LogP contribution is -2.27. The molecule has 0 fully saturated rings. The molecule has 7 nitrogen and oxygen atoms in total. The molecule has 0 bridgehead atoms. The van der Waals surface area contributed by atoms with E-state index in [9.17, 15) is 32.1 Å². The molecule has 2 rings (SSSR count). The van der Waals surface area contributed by atoms with Crippen LogP contribution in [0.5, 0.6) is 0 Å². The van der Waals surface area contributed by atoms with Crippen LogP contribution in [0.25, 0.3) is 0 Å². The van der Waals surface area contributed by atoms with Crippen LogP contribution < -0.4 is 5.32 Å². The molecule has 0 spiro atoms. The summed E-state index contributed by atoms with van der Waals surface area (Å²) in [7, 11) is -3.86. The van der Waals surface area contributed by atoms with E-state index in [4.69, 9.17) is 0 Å². The second-order valence-electron chi connectivity index (χ2n) is 5.57. The fourth-order valence-electron chi connectivity index (χ4n) is 2.33. The summed E-state index contributed by atoms with van der Waals surface area (Å²) in [6, 6.07) is 4.94. The fraction of sp³-hybridized carbons (Fsp3) is 0.188. The maximum absolute atomic E-state index is 13.8. The van der Waals surface area contributed by atoms with E-state index < -0.39 is 48.9 Å². The molecule has 0 aromatic heterocycles. The van der Waals surface area contributed by atoms with Gasteiger partial charge in [-0.2, -0.15) is 0 Å². The lowest BCUT2D eigenvalue weighted by molar-refractivity contribution is -0.387. The van der Waals surface area contributed by atoms with E-state index >= 15 is 0 Å². The number of halogens is 2. The molecule has 1 unspecified atom stereocenters. The monoisotopic (exact) mass is 384 g/mol. The van der Waals surface area contributed by atoms with E-state index in [0.717, 1.165) is 30.5 Å². The lowest BCUT2D eigenvalue weighted by atomic mass is 10.1. The van der Waals surface area contributed by atoms with Crippen molar-refractivity contribution < 1.29 is 26.9 Å². The summed E-state index contributed by atoms with van der Waals surface area (Å²) >= 11 is 0. The average Bonchev–Trinajstić information content (AvgIpc) is 2.53. The summed E-state index contributed by atoms with van der Waals surface area (Å²) in [4.78, 5) is 21.9. The quantitative estimate of drug-likeness (QED) is 0.630. The van der Waals surface area contributed by atoms with Gasteiger partial charge in [0.05, 0.1) is 11.0 Å². The number of sulfone groups is 1. The molecule has 1 amide bonds. The Kier molecular flexibility index (Phi) is 5.36. The number of hydrogen-bond acceptors (Lipinski definition) is 5. The van der Waals surface area contributed by atoms with E-state index in [0.29, 0.717) is 6.07 Å². The first kappa shape index (κ1) is 19.4. The largest absolute Gasteiger partial charge is 0.345 e. The Morgan fingerprint density at radius 3 is 2.38 bits per heavy atom. The number of rotatable bonds is 5. The maximum Gasteiger partial charge on any atom is 0.288 e. The third-order valence-corrected chi connectivity index (χ3v) is 4.74. The Hall–Kier alpha value is -2.88. The van der Waals surface area contributed by atoms with Gasteiger partial charge in [0.1, 0.15) is 16.5 Å². The number of nitrogens with zero attached hydrogens (tertiary/aromatic N) is 1. The first-order valence-electron chi connectivity index (χ1n) is 7.25. The molecule has 0 saturated heterocycles. The van der Waals surface area contributed by atoms with E-state index in [1.165, 1.54) is 13.0 Å². The Labute approximate surface area is 147 Å². The van der Waals surface area contributed by atoms with Crippen molar-refractivity contribution in [3.63, 3.8) is 0 Å². The van der Waals surface area contributed by atoms with Gasteiger partial charge in [-0.1, -0.05) is 6.07 Å². The van der Waals surface area contributed by atoms with Crippen molar-refractivity contribution >= 4 is 21.4 Å². The zero-order chi connectivity index (χ0) is 19.6. The van der Waals surface area contributed by atoms with Gasteiger partial charge in [0.15, 0.2) is 9.84 Å². The number of hydrogen-bond donors (Lipinski definition) is 1. The molecule has 0 aliphatic carbocycles. The second kappa shape index (κ2) is 7.16. The van der Waals surface area contributed by atoms with Crippen LogP contribution in [0.2, 0.25) is 0 Å². The highest BCUT2D eigenvalue weighted by Crippen LogP contribution is 2.25. The van der Waals surface area contributed by atoms with Gasteiger partial charge < -0.3 is 5.32 Å². The minimum atomic E-state index is -3.86. The van der Waals surface area contributed by atoms with Crippen molar-refractivity contribution in [3.8, 4) is 0 Å². The Morgan fingerprint density at radius 1 is 1.19 bits per heavy atom. The molecule has 1 N–H and O–H groups in total. The zero-order valence-electron chi connectivity index (χ0n) is 13.7. The fourth-order valence-corrected chi connectivity index (χ4v) is 3.15. The van der Waals surface area contributed by atoms with Crippen LogP contribution in [-0.2, 0) is 9.84 Å². The van der Waals surface area contributed by atoms with Crippen molar-refractivity contribution in [2.75, 3.05) is 6.26 Å². The average molecular weight is 384 g/mol. The highest BCUT2D eigenvalue weighted by atomic mass is 32.2. The van der Waals surface area contributed by atoms with Crippen LogP contribution in [-0.4, -0.2) is 25.5 Å². The van der Waals surface area contributed by atoms with Gasteiger partial charge in [0.25, 0.3) is 11.6 Å². The van der Waals surface area contributed by atoms with E-state index in [-0.39, 0.29) is 11.1 Å². The molecule has 0 radical (unpaired) electrons. The number of nitrogens with one attached hydrogen (secondary N) is 1. The molecule has 0 saturated carbocycles. The second-order valence-corrected chi connectivity index (χ2v) is 7.56. The molecule has 0 aliphatic heterocycles. The first-order valence-corrected chi connectivity index (χ1v) is 9.14. The van der Waals surface area contributed by atoms with Gasteiger partial charge in [-0.15, -0.1) is 0 Å². The summed E-state index contributed by atoms with van der Waals surface area (Å²) in [5.74, 6) is -2.39. The van der Waals surface area contributed by atoms with E-state index in [2.05, 4.69) is 5.32 Å². The lowest BCUT2D eigenvalue weighted by Gasteiger charge is -2.15. The van der Waals surface area contributed by atoms with Gasteiger partial charge in [-0.25, -0.2) is 17.2 Å². The molecular formula is C16H14F2N2O5S. The Balaban J connectivity index is 2.32. The van der Waals surface area contributed by atoms with E-state index in [1.54, 1.807) is 0 Å². The molecule has 1 atom stereocenters. The number of amides is 1. The number of carbonyl (C=O) groups is 1. The van der Waals surface area contributed by atoms with Crippen molar-refractivity contribution in [2.24, 2.45) is 0 Å². The van der Waals surface area contributed by atoms with Gasteiger partial charge >= 0.3 is 0 Å². The molecule has 2 aromatic rings. The highest BCUT2D eigenvalue weighted by molar-refractivity contribution is 7.90. The van der Waals surface area contributed by atoms with Gasteiger partial charge in [0.2, 0.25) is 0 Å². The molecule has 138 valence electrons. The topological polar surface area (TPSA) is 106 Å². The SMILES string of the molecule is CC(NC(=O)c1ccc(S(C)(=O)=O)c([N+](=O)[O-])c1)c1ccc(F)cc1F. The minimum absolute atomic E-state index is 0.0296. The normalized spacial score (nSPS) is 12.5. The van der Waals surface area contributed by atoms with Crippen LogP contribution in [0.15, 0.2) is 41.3 Å². The van der Waals surface area contributed by atoms with Crippen LogP contribution in [0.3, 0.4) is 0 Å². The molecule has 2 aromatic carbocycles. The van der Waals surface area contributed by atoms with Crippen LogP contribution in [0.1, 0.15) is 28.9 Å². The predicted molar refractivity (Wildman–Crippen MR) is 88.4 cm³/mol. The van der Waals surface area contributed by atoms with Gasteiger partial charge in [-0.3, -0.25) is 14.9 Å². The standard InChI is InChI=1S/C16H14F2N2O5S/c1-9(12-5-4-11(17)8-13(12)18)19-16(21)10-3-6-15(26(2,24)25)14(7-10)20(22)23/h3-9H,1-2H3,(H,19,21). The number of carbonyl (C=O) groups excluding carboxylic acids is 1. The third-order valence-electron chi connectivity index (χ3n) is 3.59. The smallest absolute Gasteiger partial charge is 0.288 e. The van der Waals surface area contributed by atoms with Crippen molar-refractivity contribution in [2.45, 2.75) is 17.9 Å². The first-order chi connectivity index (χ1) is 12.0. The summed E-state index contributed by atoms with van der Waals surface area (Å²) in [6.45, 7) is 1.45. The summed E-state index contributed by atoms with van der Waals surface area (Å²) in [5, 5.41) is 13.5. The zero-order valence-corrected chi connectivity index (χ0v) is 14.5.